The largest absolute Gasteiger partial charge is 0.322 e. The van der Waals surface area contributed by atoms with Gasteiger partial charge < -0.3 is 23.1 Å². The van der Waals surface area contributed by atoms with Crippen LogP contribution in [0.3, 0.4) is 0 Å². The quantitative estimate of drug-likeness (QED) is 0.0933. The molecule has 0 saturated carbocycles. The molecule has 0 spiro atoms. The topological polar surface area (TPSA) is 79.5 Å². The second-order valence-electron chi connectivity index (χ2n) is 8.69. The van der Waals surface area contributed by atoms with Gasteiger partial charge in [-0.15, -0.1) is 0 Å². The number of rotatable bonds is 21. The molecule has 0 bridgehead atoms. The monoisotopic (exact) mass is 538 g/mol. The highest BCUT2D eigenvalue weighted by Crippen LogP contribution is 2.47. The van der Waals surface area contributed by atoms with Crippen molar-refractivity contribution in [1.29, 1.82) is 5.26 Å². The van der Waals surface area contributed by atoms with Crippen LogP contribution in [0.5, 0.6) is 0 Å². The summed E-state index contributed by atoms with van der Waals surface area (Å²) in [6.45, 7) is 19.5. The minimum atomic E-state index is -1.18. The van der Waals surface area contributed by atoms with E-state index in [1.807, 2.05) is 6.21 Å². The Hall–Kier alpha value is 0.130. The molecule has 0 amide bonds. The Bertz CT molecular complexity index is 550. The molecule has 0 rings (SSSR count). The highest BCUT2D eigenvalue weighted by Gasteiger charge is 2.28. The fraction of sp³-hybridized carbons (Fsp3) is 0.913. The van der Waals surface area contributed by atoms with Crippen LogP contribution in [0.1, 0.15) is 68.2 Å². The molecule has 0 N–H and O–H groups in total. The van der Waals surface area contributed by atoms with Crippen LogP contribution in [-0.2, 0) is 18.1 Å². The van der Waals surface area contributed by atoms with Crippen LogP contribution in [0.25, 0.3) is 0 Å². The number of nitriles is 1. The predicted octanol–water partition coefficient (Wildman–Crippen LogP) is 6.48. The van der Waals surface area contributed by atoms with Crippen molar-refractivity contribution in [3.8, 4) is 6.07 Å². The number of hydrogen-bond donors (Lipinski definition) is 0. The molecule has 0 aromatic heterocycles. The first-order chi connectivity index (χ1) is 16.2. The number of nitrogens with zero attached hydrogens (tertiary/aromatic N) is 4. The van der Waals surface area contributed by atoms with E-state index in [1.165, 1.54) is 0 Å². The maximum Gasteiger partial charge on any atom is 0.259 e. The molecule has 2 atom stereocenters. The van der Waals surface area contributed by atoms with Crippen LogP contribution >= 0.6 is 28.8 Å². The lowest BCUT2D eigenvalue weighted by molar-refractivity contribution is 0.182. The SMILES string of the molecule is CN=CCCOP(OCCSCCOP(OCCC#N)N(C(C)C)C(C)C)N(C(C)C)C(C)C. The van der Waals surface area contributed by atoms with Crippen molar-refractivity contribution < 1.29 is 18.1 Å². The molecule has 2 unspecified atom stereocenters. The second-order valence-corrected chi connectivity index (χ2v) is 12.8. The van der Waals surface area contributed by atoms with Gasteiger partial charge in [0.25, 0.3) is 17.1 Å². The van der Waals surface area contributed by atoms with Gasteiger partial charge in [0.05, 0.1) is 38.9 Å². The van der Waals surface area contributed by atoms with Gasteiger partial charge in [0.2, 0.25) is 0 Å². The minimum absolute atomic E-state index is 0.307. The summed E-state index contributed by atoms with van der Waals surface area (Å²) >= 11 is 1.80. The van der Waals surface area contributed by atoms with E-state index in [-0.39, 0.29) is 0 Å². The summed E-state index contributed by atoms with van der Waals surface area (Å²) in [6, 6.07) is 3.44. The van der Waals surface area contributed by atoms with Crippen molar-refractivity contribution >= 4 is 35.0 Å². The smallest absolute Gasteiger partial charge is 0.259 e. The van der Waals surface area contributed by atoms with Crippen molar-refractivity contribution in [1.82, 2.24) is 9.34 Å². The molecule has 0 radical (unpaired) electrons. The van der Waals surface area contributed by atoms with Crippen LogP contribution < -0.4 is 0 Å². The van der Waals surface area contributed by atoms with E-state index < -0.39 is 17.1 Å². The fourth-order valence-electron chi connectivity index (χ4n) is 3.22. The normalized spacial score (nSPS) is 14.4. The summed E-state index contributed by atoms with van der Waals surface area (Å²) in [5.41, 5.74) is 0. The zero-order valence-corrected chi connectivity index (χ0v) is 25.4. The number of thioether (sulfide) groups is 1. The Balaban J connectivity index is 4.58. The third-order valence-electron chi connectivity index (χ3n) is 4.40. The Labute approximate surface area is 216 Å². The third-order valence-corrected chi connectivity index (χ3v) is 9.53. The van der Waals surface area contributed by atoms with Gasteiger partial charge >= 0.3 is 0 Å². The van der Waals surface area contributed by atoms with Gasteiger partial charge in [0.1, 0.15) is 0 Å². The van der Waals surface area contributed by atoms with Gasteiger partial charge in [-0.2, -0.15) is 17.0 Å². The lowest BCUT2D eigenvalue weighted by atomic mass is 10.3. The second kappa shape index (κ2) is 21.2. The highest BCUT2D eigenvalue weighted by molar-refractivity contribution is 7.99. The average Bonchev–Trinajstić information content (AvgIpc) is 2.74. The molecule has 0 aliphatic carbocycles. The van der Waals surface area contributed by atoms with Crippen molar-refractivity contribution in [3.05, 3.63) is 0 Å². The summed E-state index contributed by atoms with van der Waals surface area (Å²) < 4.78 is 28.9. The van der Waals surface area contributed by atoms with Gasteiger partial charge in [-0.25, -0.2) is 9.34 Å². The van der Waals surface area contributed by atoms with Gasteiger partial charge in [-0.05, 0) is 55.4 Å². The first-order valence-corrected chi connectivity index (χ1v) is 15.6. The van der Waals surface area contributed by atoms with Gasteiger partial charge in [0, 0.05) is 55.4 Å². The first-order valence-electron chi connectivity index (χ1n) is 12.2. The maximum atomic E-state index is 8.83. The zero-order valence-electron chi connectivity index (χ0n) is 22.8. The molecule has 0 aliphatic heterocycles. The standard InChI is InChI=1S/C23H48N4O4P2S/c1-20(2)26(21(3)4)32(28-14-10-12-24)30-16-18-34-19-17-31-33(29-15-11-13-25-9)27(22(5)6)23(7)8/h13,20-23H,10-11,14-19H2,1-9H3. The summed E-state index contributed by atoms with van der Waals surface area (Å²) in [5, 5.41) is 8.83. The van der Waals surface area contributed by atoms with E-state index in [1.54, 1.807) is 18.8 Å². The van der Waals surface area contributed by atoms with Gasteiger partial charge in [0.15, 0.2) is 0 Å². The molecule has 200 valence electrons. The van der Waals surface area contributed by atoms with Crippen molar-refractivity contribution in [2.24, 2.45) is 4.99 Å². The van der Waals surface area contributed by atoms with E-state index in [2.05, 4.69) is 75.8 Å². The van der Waals surface area contributed by atoms with Crippen molar-refractivity contribution in [2.75, 3.05) is 45.0 Å². The van der Waals surface area contributed by atoms with Gasteiger partial charge in [-0.3, -0.25) is 0 Å². The highest BCUT2D eigenvalue weighted by atomic mass is 32.2. The summed E-state index contributed by atoms with van der Waals surface area (Å²) in [7, 11) is -0.511. The molecule has 34 heavy (non-hydrogen) atoms. The van der Waals surface area contributed by atoms with E-state index in [4.69, 9.17) is 23.4 Å². The molecule has 0 saturated heterocycles. The lowest BCUT2D eigenvalue weighted by Gasteiger charge is -2.35. The molecule has 11 heteroatoms. The molecule has 0 aliphatic rings. The molecule has 0 fully saturated rings. The Morgan fingerprint density at radius 3 is 1.56 bits per heavy atom. The molecular weight excluding hydrogens is 490 g/mol. The van der Waals surface area contributed by atoms with Gasteiger partial charge in [-0.1, -0.05) is 0 Å². The molecule has 0 aromatic rings. The Morgan fingerprint density at radius 1 is 0.765 bits per heavy atom. The summed E-state index contributed by atoms with van der Waals surface area (Å²) in [4.78, 5) is 4.02. The molecule has 8 nitrogen and oxygen atoms in total. The average molecular weight is 539 g/mol. The zero-order chi connectivity index (χ0) is 25.9. The van der Waals surface area contributed by atoms with Crippen molar-refractivity contribution in [3.63, 3.8) is 0 Å². The summed E-state index contributed by atoms with van der Waals surface area (Å²) in [5.74, 6) is 1.73. The molecular formula is C23H48N4O4P2S. The number of hydrogen-bond acceptors (Lipinski definition) is 9. The van der Waals surface area contributed by atoms with Crippen LogP contribution in [0.2, 0.25) is 0 Å². The summed E-state index contributed by atoms with van der Waals surface area (Å²) in [6.07, 6.45) is 3.04. The Kier molecular flexibility index (Phi) is 21.3. The van der Waals surface area contributed by atoms with E-state index in [0.29, 0.717) is 57.0 Å². The molecule has 0 aromatic carbocycles. The maximum absolute atomic E-state index is 8.83. The van der Waals surface area contributed by atoms with Crippen LogP contribution in [-0.4, -0.2) is 84.7 Å². The van der Waals surface area contributed by atoms with E-state index in [0.717, 1.165) is 17.9 Å². The first kappa shape index (κ1) is 34.1. The number of aliphatic imine (C=N–C) groups is 1. The van der Waals surface area contributed by atoms with E-state index in [9.17, 15) is 0 Å². The van der Waals surface area contributed by atoms with Crippen molar-refractivity contribution in [2.45, 2.75) is 92.4 Å². The lowest BCUT2D eigenvalue weighted by Crippen LogP contribution is -2.34. The fourth-order valence-corrected chi connectivity index (χ4v) is 7.27. The molecule has 0 heterocycles. The van der Waals surface area contributed by atoms with Crippen LogP contribution in [0, 0.1) is 11.3 Å². The predicted molar refractivity (Wildman–Crippen MR) is 148 cm³/mol. The van der Waals surface area contributed by atoms with Crippen LogP contribution in [0.15, 0.2) is 4.99 Å². The minimum Gasteiger partial charge on any atom is -0.322 e. The third kappa shape index (κ3) is 15.3. The van der Waals surface area contributed by atoms with Crippen LogP contribution in [0.4, 0.5) is 0 Å². The Morgan fingerprint density at radius 2 is 1.18 bits per heavy atom. The van der Waals surface area contributed by atoms with E-state index >= 15 is 0 Å².